The summed E-state index contributed by atoms with van der Waals surface area (Å²) in [6, 6.07) is 0.646. The highest BCUT2D eigenvalue weighted by atomic mass is 16.4. The van der Waals surface area contributed by atoms with E-state index >= 15 is 0 Å². The second-order valence-electron chi connectivity index (χ2n) is 6.17. The monoisotopic (exact) mass is 254 g/mol. The number of aliphatic carboxylic acids is 1. The van der Waals surface area contributed by atoms with Gasteiger partial charge < -0.3 is 10.4 Å². The number of hydrogen-bond acceptors (Lipinski definition) is 3. The zero-order chi connectivity index (χ0) is 13.2. The van der Waals surface area contributed by atoms with Crippen molar-refractivity contribution in [2.45, 2.75) is 57.5 Å². The molecule has 0 aromatic rings. The maximum atomic E-state index is 11.5. The molecule has 0 amide bonds. The van der Waals surface area contributed by atoms with Crippen LogP contribution in [0, 0.1) is 5.92 Å². The van der Waals surface area contributed by atoms with Crippen LogP contribution < -0.4 is 5.32 Å². The van der Waals surface area contributed by atoms with Crippen LogP contribution >= 0.6 is 0 Å². The van der Waals surface area contributed by atoms with Crippen LogP contribution in [0.2, 0.25) is 0 Å². The molecular formula is C14H26N2O2. The molecule has 0 aromatic heterocycles. The molecule has 4 nitrogen and oxygen atoms in total. The van der Waals surface area contributed by atoms with Crippen molar-refractivity contribution in [3.05, 3.63) is 0 Å². The van der Waals surface area contributed by atoms with Gasteiger partial charge in [0.2, 0.25) is 0 Å². The topological polar surface area (TPSA) is 52.6 Å². The molecule has 2 aliphatic carbocycles. The van der Waals surface area contributed by atoms with E-state index in [1.807, 2.05) is 6.92 Å². The lowest BCUT2D eigenvalue weighted by atomic mass is 10.0. The van der Waals surface area contributed by atoms with Gasteiger partial charge in [0, 0.05) is 19.1 Å². The van der Waals surface area contributed by atoms with E-state index in [1.165, 1.54) is 25.7 Å². The van der Waals surface area contributed by atoms with Gasteiger partial charge in [0.15, 0.2) is 0 Å². The van der Waals surface area contributed by atoms with E-state index in [0.29, 0.717) is 12.6 Å². The van der Waals surface area contributed by atoms with Crippen molar-refractivity contribution in [2.75, 3.05) is 19.6 Å². The first kappa shape index (κ1) is 13.8. The zero-order valence-corrected chi connectivity index (χ0v) is 11.6. The molecule has 4 heteroatoms. The highest BCUT2D eigenvalue weighted by Crippen LogP contribution is 2.35. The third-order valence-corrected chi connectivity index (χ3v) is 4.01. The minimum Gasteiger partial charge on any atom is -0.480 e. The second kappa shape index (κ2) is 5.57. The summed E-state index contributed by atoms with van der Waals surface area (Å²) in [6.45, 7) is 6.40. The lowest BCUT2D eigenvalue weighted by molar-refractivity contribution is -0.145. The van der Waals surface area contributed by atoms with Crippen molar-refractivity contribution in [3.8, 4) is 0 Å². The molecule has 18 heavy (non-hydrogen) atoms. The molecule has 0 spiro atoms. The standard InChI is InChI=1S/C14H26N2O2/c1-3-8-15-14(2,13(17)18)10-16(12-6-7-12)9-11-4-5-11/h11-12,15H,3-10H2,1-2H3,(H,17,18). The summed E-state index contributed by atoms with van der Waals surface area (Å²) in [5.41, 5.74) is -0.798. The molecule has 0 bridgehead atoms. The summed E-state index contributed by atoms with van der Waals surface area (Å²) in [5, 5.41) is 12.7. The van der Waals surface area contributed by atoms with Gasteiger partial charge in [-0.1, -0.05) is 6.92 Å². The van der Waals surface area contributed by atoms with Gasteiger partial charge in [0.1, 0.15) is 5.54 Å². The van der Waals surface area contributed by atoms with Crippen molar-refractivity contribution in [1.29, 1.82) is 0 Å². The van der Waals surface area contributed by atoms with E-state index in [-0.39, 0.29) is 0 Å². The molecule has 2 saturated carbocycles. The van der Waals surface area contributed by atoms with Crippen LogP contribution in [-0.4, -0.2) is 47.2 Å². The van der Waals surface area contributed by atoms with Gasteiger partial charge in [0.05, 0.1) is 0 Å². The van der Waals surface area contributed by atoms with Gasteiger partial charge in [-0.25, -0.2) is 0 Å². The number of carboxylic acids is 1. The summed E-state index contributed by atoms with van der Waals surface area (Å²) in [7, 11) is 0. The van der Waals surface area contributed by atoms with Gasteiger partial charge in [-0.2, -0.15) is 0 Å². The molecule has 2 aliphatic rings. The third kappa shape index (κ3) is 3.69. The fraction of sp³-hybridized carbons (Fsp3) is 0.929. The molecule has 0 radical (unpaired) electrons. The maximum absolute atomic E-state index is 11.5. The molecule has 2 fully saturated rings. The molecule has 0 heterocycles. The second-order valence-corrected chi connectivity index (χ2v) is 6.17. The van der Waals surface area contributed by atoms with Gasteiger partial charge in [-0.3, -0.25) is 9.69 Å². The summed E-state index contributed by atoms with van der Waals surface area (Å²) in [6.07, 6.45) is 6.12. The van der Waals surface area contributed by atoms with E-state index in [0.717, 1.165) is 25.4 Å². The Hall–Kier alpha value is -0.610. The highest BCUT2D eigenvalue weighted by Gasteiger charge is 2.41. The Bertz CT molecular complexity index is 300. The number of hydrogen-bond donors (Lipinski definition) is 2. The van der Waals surface area contributed by atoms with Crippen LogP contribution in [0.5, 0.6) is 0 Å². The smallest absolute Gasteiger partial charge is 0.324 e. The number of nitrogens with one attached hydrogen (secondary N) is 1. The summed E-state index contributed by atoms with van der Waals surface area (Å²) in [5.74, 6) is 0.104. The van der Waals surface area contributed by atoms with Crippen LogP contribution in [0.1, 0.15) is 46.0 Å². The summed E-state index contributed by atoms with van der Waals surface area (Å²) < 4.78 is 0. The third-order valence-electron chi connectivity index (χ3n) is 4.01. The molecular weight excluding hydrogens is 228 g/mol. The average molecular weight is 254 g/mol. The summed E-state index contributed by atoms with van der Waals surface area (Å²) in [4.78, 5) is 13.9. The molecule has 0 aromatic carbocycles. The van der Waals surface area contributed by atoms with Crippen LogP contribution in [0.15, 0.2) is 0 Å². The first-order chi connectivity index (χ1) is 8.55. The Labute approximate surface area is 110 Å². The van der Waals surface area contributed by atoms with Gasteiger partial charge >= 0.3 is 5.97 Å². The number of carboxylic acid groups (broad SMARTS) is 1. The van der Waals surface area contributed by atoms with Crippen LogP contribution in [0.25, 0.3) is 0 Å². The predicted octanol–water partition coefficient (Wildman–Crippen LogP) is 1.70. The van der Waals surface area contributed by atoms with Gasteiger partial charge in [-0.05, 0) is 51.5 Å². The lowest BCUT2D eigenvalue weighted by Gasteiger charge is -2.33. The van der Waals surface area contributed by atoms with E-state index in [9.17, 15) is 9.90 Å². The van der Waals surface area contributed by atoms with Gasteiger partial charge in [0.25, 0.3) is 0 Å². The lowest BCUT2D eigenvalue weighted by Crippen LogP contribution is -2.57. The zero-order valence-electron chi connectivity index (χ0n) is 11.6. The minimum atomic E-state index is -0.798. The van der Waals surface area contributed by atoms with Crippen LogP contribution in [-0.2, 0) is 4.79 Å². The Morgan fingerprint density at radius 1 is 1.39 bits per heavy atom. The first-order valence-corrected chi connectivity index (χ1v) is 7.27. The fourth-order valence-electron chi connectivity index (χ4n) is 2.42. The quantitative estimate of drug-likeness (QED) is 0.657. The van der Waals surface area contributed by atoms with Gasteiger partial charge in [-0.15, -0.1) is 0 Å². The Kier molecular flexibility index (Phi) is 4.28. The molecule has 2 rings (SSSR count). The number of rotatable bonds is 9. The Morgan fingerprint density at radius 3 is 2.50 bits per heavy atom. The first-order valence-electron chi connectivity index (χ1n) is 7.27. The molecule has 1 atom stereocenters. The van der Waals surface area contributed by atoms with Crippen LogP contribution in [0.3, 0.4) is 0 Å². The molecule has 104 valence electrons. The molecule has 2 N–H and O–H groups in total. The minimum absolute atomic E-state index is 0.642. The number of nitrogens with zero attached hydrogens (tertiary/aromatic N) is 1. The normalized spacial score (nSPS) is 23.1. The number of carbonyl (C=O) groups is 1. The molecule has 0 saturated heterocycles. The van der Waals surface area contributed by atoms with E-state index in [1.54, 1.807) is 0 Å². The van der Waals surface area contributed by atoms with Crippen molar-refractivity contribution < 1.29 is 9.90 Å². The molecule has 0 aliphatic heterocycles. The fourth-order valence-corrected chi connectivity index (χ4v) is 2.42. The van der Waals surface area contributed by atoms with Crippen molar-refractivity contribution in [2.24, 2.45) is 5.92 Å². The van der Waals surface area contributed by atoms with Crippen LogP contribution in [0.4, 0.5) is 0 Å². The van der Waals surface area contributed by atoms with E-state index < -0.39 is 11.5 Å². The predicted molar refractivity (Wildman–Crippen MR) is 71.7 cm³/mol. The highest BCUT2D eigenvalue weighted by molar-refractivity contribution is 5.78. The Balaban J connectivity index is 1.93. The van der Waals surface area contributed by atoms with Crippen molar-refractivity contribution in [3.63, 3.8) is 0 Å². The van der Waals surface area contributed by atoms with E-state index in [4.69, 9.17) is 0 Å². The average Bonchev–Trinajstić information content (AvgIpc) is 3.14. The van der Waals surface area contributed by atoms with E-state index in [2.05, 4.69) is 17.1 Å². The van der Waals surface area contributed by atoms with Crippen molar-refractivity contribution >= 4 is 5.97 Å². The molecule has 1 unspecified atom stereocenters. The van der Waals surface area contributed by atoms with Crippen molar-refractivity contribution in [1.82, 2.24) is 10.2 Å². The Morgan fingerprint density at radius 2 is 2.06 bits per heavy atom. The SMILES string of the molecule is CCCNC(C)(CN(CC1CC1)C1CC1)C(=O)O. The largest absolute Gasteiger partial charge is 0.480 e. The summed E-state index contributed by atoms with van der Waals surface area (Å²) >= 11 is 0. The maximum Gasteiger partial charge on any atom is 0.324 e.